The van der Waals surface area contributed by atoms with Gasteiger partial charge in [0, 0.05) is 16.6 Å². The van der Waals surface area contributed by atoms with Crippen molar-refractivity contribution in [3.8, 4) is 11.5 Å². The predicted octanol–water partition coefficient (Wildman–Crippen LogP) is 5.27. The number of ether oxygens (including phenoxy) is 1. The third kappa shape index (κ3) is 5.14. The fourth-order valence-electron chi connectivity index (χ4n) is 1.76. The summed E-state index contributed by atoms with van der Waals surface area (Å²) in [5, 5.41) is 3.33. The van der Waals surface area contributed by atoms with E-state index >= 15 is 0 Å². The molecule has 0 amide bonds. The first-order valence-corrected chi connectivity index (χ1v) is 7.60. The summed E-state index contributed by atoms with van der Waals surface area (Å²) < 4.78 is 20.6. The largest absolute Gasteiger partial charge is 0.454 e. The molecule has 4 heteroatoms. The highest BCUT2D eigenvalue weighted by atomic mass is 79.9. The van der Waals surface area contributed by atoms with Gasteiger partial charge in [-0.3, -0.25) is 0 Å². The molecular weight excluding hydrogens is 333 g/mol. The van der Waals surface area contributed by atoms with Crippen molar-refractivity contribution in [2.24, 2.45) is 0 Å². The van der Waals surface area contributed by atoms with E-state index < -0.39 is 0 Å². The standard InChI is InChI=1S/C17H19BrFNO/c1-17(2,3)20-11-12-7-8-16(15(19)9-12)21-14-6-4-5-13(18)10-14/h4-10,20H,11H2,1-3H3. The van der Waals surface area contributed by atoms with Gasteiger partial charge in [0.1, 0.15) is 5.75 Å². The van der Waals surface area contributed by atoms with Gasteiger partial charge in [0.25, 0.3) is 0 Å². The van der Waals surface area contributed by atoms with Crippen LogP contribution in [0.15, 0.2) is 46.9 Å². The molecule has 0 spiro atoms. The summed E-state index contributed by atoms with van der Waals surface area (Å²) in [7, 11) is 0. The van der Waals surface area contributed by atoms with Gasteiger partial charge in [-0.05, 0) is 56.7 Å². The van der Waals surface area contributed by atoms with Crippen molar-refractivity contribution in [1.29, 1.82) is 0 Å². The fraction of sp³-hybridized carbons (Fsp3) is 0.294. The maximum atomic E-state index is 14.1. The summed E-state index contributed by atoms with van der Waals surface area (Å²) in [4.78, 5) is 0. The van der Waals surface area contributed by atoms with E-state index in [-0.39, 0.29) is 17.1 Å². The van der Waals surface area contributed by atoms with Crippen LogP contribution in [0, 0.1) is 5.82 Å². The van der Waals surface area contributed by atoms with Crippen LogP contribution in [-0.4, -0.2) is 5.54 Å². The second-order valence-corrected chi connectivity index (χ2v) is 6.84. The van der Waals surface area contributed by atoms with Crippen molar-refractivity contribution in [3.63, 3.8) is 0 Å². The Morgan fingerprint density at radius 1 is 1.14 bits per heavy atom. The molecule has 0 saturated heterocycles. The zero-order chi connectivity index (χ0) is 15.5. The minimum Gasteiger partial charge on any atom is -0.454 e. The zero-order valence-electron chi connectivity index (χ0n) is 12.4. The van der Waals surface area contributed by atoms with Crippen LogP contribution in [0.25, 0.3) is 0 Å². The van der Waals surface area contributed by atoms with Gasteiger partial charge in [-0.1, -0.05) is 28.1 Å². The molecule has 2 aromatic rings. The molecule has 2 nitrogen and oxygen atoms in total. The average molecular weight is 352 g/mol. The second-order valence-electron chi connectivity index (χ2n) is 5.93. The second kappa shape index (κ2) is 6.58. The van der Waals surface area contributed by atoms with Crippen LogP contribution < -0.4 is 10.1 Å². The van der Waals surface area contributed by atoms with Gasteiger partial charge in [0.15, 0.2) is 11.6 Å². The molecule has 21 heavy (non-hydrogen) atoms. The molecule has 0 aliphatic carbocycles. The van der Waals surface area contributed by atoms with Crippen molar-refractivity contribution in [2.75, 3.05) is 0 Å². The number of hydrogen-bond donors (Lipinski definition) is 1. The molecule has 0 unspecified atom stereocenters. The van der Waals surface area contributed by atoms with E-state index in [2.05, 4.69) is 42.0 Å². The third-order valence-electron chi connectivity index (χ3n) is 2.84. The smallest absolute Gasteiger partial charge is 0.166 e. The fourth-order valence-corrected chi connectivity index (χ4v) is 2.14. The lowest BCUT2D eigenvalue weighted by molar-refractivity contribution is 0.420. The van der Waals surface area contributed by atoms with Crippen molar-refractivity contribution in [1.82, 2.24) is 5.32 Å². The molecule has 0 atom stereocenters. The number of rotatable bonds is 4. The average Bonchev–Trinajstić information content (AvgIpc) is 2.38. The highest BCUT2D eigenvalue weighted by Gasteiger charge is 2.10. The van der Waals surface area contributed by atoms with E-state index in [1.807, 2.05) is 18.2 Å². The number of benzene rings is 2. The summed E-state index contributed by atoms with van der Waals surface area (Å²) in [5.74, 6) is 0.472. The normalized spacial score (nSPS) is 11.5. The first-order chi connectivity index (χ1) is 9.83. The van der Waals surface area contributed by atoms with Crippen LogP contribution in [0.5, 0.6) is 11.5 Å². The lowest BCUT2D eigenvalue weighted by atomic mass is 10.1. The van der Waals surface area contributed by atoms with Gasteiger partial charge in [-0.15, -0.1) is 0 Å². The van der Waals surface area contributed by atoms with E-state index in [0.717, 1.165) is 10.0 Å². The first-order valence-electron chi connectivity index (χ1n) is 6.80. The summed E-state index contributed by atoms with van der Waals surface area (Å²) in [6, 6.07) is 12.4. The maximum absolute atomic E-state index is 14.1. The summed E-state index contributed by atoms with van der Waals surface area (Å²) in [5.41, 5.74) is 0.895. The Hall–Kier alpha value is -1.39. The molecule has 2 aromatic carbocycles. The van der Waals surface area contributed by atoms with Gasteiger partial charge in [0.2, 0.25) is 0 Å². The predicted molar refractivity (Wildman–Crippen MR) is 87.2 cm³/mol. The van der Waals surface area contributed by atoms with Crippen LogP contribution in [-0.2, 0) is 6.54 Å². The minimum atomic E-state index is -0.358. The van der Waals surface area contributed by atoms with Gasteiger partial charge in [0.05, 0.1) is 0 Å². The molecular formula is C17H19BrFNO. The third-order valence-corrected chi connectivity index (χ3v) is 3.34. The quantitative estimate of drug-likeness (QED) is 0.810. The molecule has 0 aromatic heterocycles. The van der Waals surface area contributed by atoms with Crippen LogP contribution in [0.4, 0.5) is 4.39 Å². The number of hydrogen-bond acceptors (Lipinski definition) is 2. The Morgan fingerprint density at radius 2 is 1.90 bits per heavy atom. The van der Waals surface area contributed by atoms with Crippen LogP contribution in [0.2, 0.25) is 0 Å². The molecule has 0 radical (unpaired) electrons. The number of nitrogens with one attached hydrogen (secondary N) is 1. The van der Waals surface area contributed by atoms with Crippen molar-refractivity contribution >= 4 is 15.9 Å². The van der Waals surface area contributed by atoms with Gasteiger partial charge in [-0.25, -0.2) is 4.39 Å². The first kappa shape index (κ1) is 16.0. The maximum Gasteiger partial charge on any atom is 0.166 e. The Balaban J connectivity index is 2.09. The van der Waals surface area contributed by atoms with E-state index in [1.54, 1.807) is 18.2 Å². The van der Waals surface area contributed by atoms with E-state index in [1.165, 1.54) is 6.07 Å². The molecule has 0 heterocycles. The van der Waals surface area contributed by atoms with Gasteiger partial charge < -0.3 is 10.1 Å². The summed E-state index contributed by atoms with van der Waals surface area (Å²) >= 11 is 3.36. The van der Waals surface area contributed by atoms with Crippen molar-refractivity contribution < 1.29 is 9.13 Å². The van der Waals surface area contributed by atoms with Crippen molar-refractivity contribution in [2.45, 2.75) is 32.9 Å². The Morgan fingerprint density at radius 3 is 2.52 bits per heavy atom. The SMILES string of the molecule is CC(C)(C)NCc1ccc(Oc2cccc(Br)c2)c(F)c1. The molecule has 112 valence electrons. The Kier molecular flexibility index (Phi) is 5.01. The van der Waals surface area contributed by atoms with Crippen LogP contribution in [0.3, 0.4) is 0 Å². The number of halogens is 2. The molecule has 0 fully saturated rings. The molecule has 0 saturated carbocycles. The molecule has 0 aliphatic rings. The highest BCUT2D eigenvalue weighted by Crippen LogP contribution is 2.27. The Bertz CT molecular complexity index is 622. The van der Waals surface area contributed by atoms with Crippen LogP contribution in [0.1, 0.15) is 26.3 Å². The molecule has 0 bridgehead atoms. The topological polar surface area (TPSA) is 21.3 Å². The van der Waals surface area contributed by atoms with E-state index in [9.17, 15) is 4.39 Å². The van der Waals surface area contributed by atoms with Crippen LogP contribution >= 0.6 is 15.9 Å². The minimum absolute atomic E-state index is 0.00195. The molecule has 0 aliphatic heterocycles. The zero-order valence-corrected chi connectivity index (χ0v) is 14.0. The highest BCUT2D eigenvalue weighted by molar-refractivity contribution is 9.10. The van der Waals surface area contributed by atoms with Gasteiger partial charge >= 0.3 is 0 Å². The molecule has 2 rings (SSSR count). The van der Waals surface area contributed by atoms with Gasteiger partial charge in [-0.2, -0.15) is 0 Å². The van der Waals surface area contributed by atoms with E-state index in [0.29, 0.717) is 12.3 Å². The van der Waals surface area contributed by atoms with Crippen molar-refractivity contribution in [3.05, 3.63) is 58.3 Å². The van der Waals surface area contributed by atoms with E-state index in [4.69, 9.17) is 4.74 Å². The lowest BCUT2D eigenvalue weighted by Crippen LogP contribution is -2.35. The summed E-state index contributed by atoms with van der Waals surface area (Å²) in [6.45, 7) is 6.86. The molecule has 1 N–H and O–H groups in total. The Labute approximate surface area is 133 Å². The lowest BCUT2D eigenvalue weighted by Gasteiger charge is -2.20. The monoisotopic (exact) mass is 351 g/mol. The summed E-state index contributed by atoms with van der Waals surface area (Å²) in [6.07, 6.45) is 0.